The minimum Gasteiger partial charge on any atom is -0.406 e. The largest absolute Gasteiger partial charge is 0.406 e. The molecule has 108 valence electrons. The number of nitrogens with zero attached hydrogens (tertiary/aromatic N) is 2. The zero-order valence-corrected chi connectivity index (χ0v) is 12.4. The van der Waals surface area contributed by atoms with Gasteiger partial charge in [-0.15, -0.1) is 16.9 Å². The van der Waals surface area contributed by atoms with Gasteiger partial charge in [-0.1, -0.05) is 17.2 Å². The second kappa shape index (κ2) is 7.88. The third-order valence-corrected chi connectivity index (χ3v) is 3.37. The molecule has 0 bridgehead atoms. The summed E-state index contributed by atoms with van der Waals surface area (Å²) in [6.45, 7) is 1.93. The lowest BCUT2D eigenvalue weighted by Crippen LogP contribution is -2.18. The van der Waals surface area contributed by atoms with Gasteiger partial charge in [0.2, 0.25) is 5.89 Å². The van der Waals surface area contributed by atoms with Crippen LogP contribution >= 0.6 is 11.8 Å². The standard InChI is InChI=1S/C13H18N4O2S/c1-18-8-7-14-9-12-16-17-13(19-12)15-10-5-3-4-6-11(10)20-2/h3-6,14H,7-9H2,1-2H3,(H,15,17). The van der Waals surface area contributed by atoms with Gasteiger partial charge in [-0.3, -0.25) is 0 Å². The van der Waals surface area contributed by atoms with Crippen LogP contribution in [0.15, 0.2) is 33.6 Å². The predicted molar refractivity (Wildman–Crippen MR) is 79.4 cm³/mol. The first-order valence-electron chi connectivity index (χ1n) is 6.25. The van der Waals surface area contributed by atoms with Gasteiger partial charge in [0.05, 0.1) is 18.8 Å². The number of nitrogens with one attached hydrogen (secondary N) is 2. The highest BCUT2D eigenvalue weighted by molar-refractivity contribution is 7.98. The molecule has 0 aliphatic carbocycles. The van der Waals surface area contributed by atoms with Gasteiger partial charge in [0.15, 0.2) is 0 Å². The maximum Gasteiger partial charge on any atom is 0.320 e. The molecule has 0 spiro atoms. The first-order chi connectivity index (χ1) is 9.83. The zero-order chi connectivity index (χ0) is 14.2. The number of thioether (sulfide) groups is 1. The van der Waals surface area contributed by atoms with Gasteiger partial charge in [-0.2, -0.15) is 0 Å². The van der Waals surface area contributed by atoms with E-state index in [-0.39, 0.29) is 0 Å². The molecule has 2 aromatic rings. The molecule has 0 aliphatic rings. The van der Waals surface area contributed by atoms with E-state index in [0.717, 1.165) is 17.1 Å². The van der Waals surface area contributed by atoms with Crippen LogP contribution in [0.4, 0.5) is 11.7 Å². The Morgan fingerprint density at radius 3 is 2.95 bits per heavy atom. The van der Waals surface area contributed by atoms with E-state index in [9.17, 15) is 0 Å². The third-order valence-electron chi connectivity index (χ3n) is 2.57. The van der Waals surface area contributed by atoms with Crippen LogP contribution in [0.5, 0.6) is 0 Å². The van der Waals surface area contributed by atoms with Crippen LogP contribution in [0.2, 0.25) is 0 Å². The quantitative estimate of drug-likeness (QED) is 0.571. The van der Waals surface area contributed by atoms with Crippen molar-refractivity contribution >= 4 is 23.5 Å². The lowest BCUT2D eigenvalue weighted by atomic mass is 10.3. The third kappa shape index (κ3) is 4.22. The normalized spacial score (nSPS) is 10.7. The van der Waals surface area contributed by atoms with Crippen molar-refractivity contribution in [2.45, 2.75) is 11.4 Å². The summed E-state index contributed by atoms with van der Waals surface area (Å²) < 4.78 is 10.5. The summed E-state index contributed by atoms with van der Waals surface area (Å²) in [5.74, 6) is 0.547. The number of hydrogen-bond acceptors (Lipinski definition) is 7. The molecule has 0 amide bonds. The van der Waals surface area contributed by atoms with Gasteiger partial charge in [0, 0.05) is 18.6 Å². The Morgan fingerprint density at radius 2 is 2.15 bits per heavy atom. The van der Waals surface area contributed by atoms with Crippen molar-refractivity contribution in [1.29, 1.82) is 0 Å². The van der Waals surface area contributed by atoms with Crippen molar-refractivity contribution in [1.82, 2.24) is 15.5 Å². The van der Waals surface area contributed by atoms with Crippen molar-refractivity contribution in [2.24, 2.45) is 0 Å². The Bertz CT molecular complexity index is 533. The molecule has 7 heteroatoms. The maximum atomic E-state index is 5.52. The molecule has 0 fully saturated rings. The van der Waals surface area contributed by atoms with E-state index in [1.165, 1.54) is 0 Å². The molecule has 1 aromatic heterocycles. The maximum absolute atomic E-state index is 5.52. The Hall–Kier alpha value is -1.57. The fourth-order valence-electron chi connectivity index (χ4n) is 1.61. The molecule has 1 heterocycles. The van der Waals surface area contributed by atoms with Gasteiger partial charge in [-0.25, -0.2) is 0 Å². The molecule has 0 atom stereocenters. The molecule has 0 unspecified atom stereocenters. The summed E-state index contributed by atoms with van der Waals surface area (Å²) in [6.07, 6.45) is 2.03. The molecule has 20 heavy (non-hydrogen) atoms. The van der Waals surface area contributed by atoms with Crippen LogP contribution in [0.3, 0.4) is 0 Å². The Balaban J connectivity index is 1.92. The van der Waals surface area contributed by atoms with Gasteiger partial charge in [-0.05, 0) is 18.4 Å². The number of benzene rings is 1. The van der Waals surface area contributed by atoms with Crippen molar-refractivity contribution in [2.75, 3.05) is 31.8 Å². The molecular formula is C13H18N4O2S. The monoisotopic (exact) mass is 294 g/mol. The van der Waals surface area contributed by atoms with Crippen molar-refractivity contribution < 1.29 is 9.15 Å². The summed E-state index contributed by atoms with van der Waals surface area (Å²) in [6, 6.07) is 8.38. The molecular weight excluding hydrogens is 276 g/mol. The number of aromatic nitrogens is 2. The molecule has 0 aliphatic heterocycles. The lowest BCUT2D eigenvalue weighted by Gasteiger charge is -2.05. The summed E-state index contributed by atoms with van der Waals surface area (Å²) >= 11 is 1.66. The predicted octanol–water partition coefficient (Wildman–Crippen LogP) is 2.27. The highest BCUT2D eigenvalue weighted by Crippen LogP contribution is 2.27. The van der Waals surface area contributed by atoms with E-state index < -0.39 is 0 Å². The summed E-state index contributed by atoms with van der Waals surface area (Å²) in [5, 5.41) is 14.2. The summed E-state index contributed by atoms with van der Waals surface area (Å²) in [5.41, 5.74) is 0.961. The van der Waals surface area contributed by atoms with Crippen LogP contribution in [-0.2, 0) is 11.3 Å². The van der Waals surface area contributed by atoms with Crippen molar-refractivity contribution in [3.05, 3.63) is 30.2 Å². The molecule has 6 nitrogen and oxygen atoms in total. The Morgan fingerprint density at radius 1 is 1.30 bits per heavy atom. The highest BCUT2D eigenvalue weighted by atomic mass is 32.2. The second-order valence-electron chi connectivity index (χ2n) is 4.00. The summed E-state index contributed by atoms with van der Waals surface area (Å²) in [7, 11) is 1.67. The highest BCUT2D eigenvalue weighted by Gasteiger charge is 2.07. The van der Waals surface area contributed by atoms with Crippen LogP contribution in [0, 0.1) is 0 Å². The Labute approximate surface area is 122 Å². The molecule has 1 aromatic carbocycles. The smallest absolute Gasteiger partial charge is 0.320 e. The number of anilines is 2. The van der Waals surface area contributed by atoms with Crippen LogP contribution in [-0.4, -0.2) is 36.7 Å². The molecule has 0 saturated carbocycles. The molecule has 2 N–H and O–H groups in total. The van der Waals surface area contributed by atoms with E-state index >= 15 is 0 Å². The van der Waals surface area contributed by atoms with E-state index in [1.54, 1.807) is 18.9 Å². The van der Waals surface area contributed by atoms with Gasteiger partial charge < -0.3 is 19.8 Å². The SMILES string of the molecule is COCCNCc1nnc(Nc2ccccc2SC)o1. The van der Waals surface area contributed by atoms with Crippen molar-refractivity contribution in [3.63, 3.8) is 0 Å². The van der Waals surface area contributed by atoms with Gasteiger partial charge in [0.25, 0.3) is 0 Å². The first-order valence-corrected chi connectivity index (χ1v) is 7.48. The topological polar surface area (TPSA) is 72.2 Å². The van der Waals surface area contributed by atoms with Crippen molar-refractivity contribution in [3.8, 4) is 0 Å². The first kappa shape index (κ1) is 14.8. The van der Waals surface area contributed by atoms with E-state index in [4.69, 9.17) is 9.15 Å². The molecule has 0 radical (unpaired) electrons. The Kier molecular flexibility index (Phi) is 5.85. The average Bonchev–Trinajstić information content (AvgIpc) is 2.92. The molecule has 0 saturated heterocycles. The minimum absolute atomic E-state index is 0.398. The zero-order valence-electron chi connectivity index (χ0n) is 11.5. The van der Waals surface area contributed by atoms with E-state index in [2.05, 4.69) is 20.8 Å². The van der Waals surface area contributed by atoms with Crippen LogP contribution in [0.25, 0.3) is 0 Å². The fraction of sp³-hybridized carbons (Fsp3) is 0.385. The van der Waals surface area contributed by atoms with Gasteiger partial charge >= 0.3 is 6.01 Å². The lowest BCUT2D eigenvalue weighted by molar-refractivity contribution is 0.198. The minimum atomic E-state index is 0.398. The molecule has 2 rings (SSSR count). The second-order valence-corrected chi connectivity index (χ2v) is 4.84. The number of para-hydroxylation sites is 1. The van der Waals surface area contributed by atoms with Crippen LogP contribution in [0.1, 0.15) is 5.89 Å². The van der Waals surface area contributed by atoms with E-state index in [0.29, 0.717) is 25.1 Å². The number of rotatable bonds is 8. The van der Waals surface area contributed by atoms with Gasteiger partial charge in [0.1, 0.15) is 0 Å². The average molecular weight is 294 g/mol. The number of hydrogen-bond donors (Lipinski definition) is 2. The van der Waals surface area contributed by atoms with E-state index in [1.807, 2.05) is 30.5 Å². The number of methoxy groups -OCH3 is 1. The fourth-order valence-corrected chi connectivity index (χ4v) is 2.16. The summed E-state index contributed by atoms with van der Waals surface area (Å²) in [4.78, 5) is 1.13. The van der Waals surface area contributed by atoms with Crippen LogP contribution < -0.4 is 10.6 Å². The number of ether oxygens (including phenoxy) is 1.